The molecule has 0 saturated carbocycles. The van der Waals surface area contributed by atoms with E-state index < -0.39 is 12.1 Å². The molecule has 1 N–H and O–H groups in total. The van der Waals surface area contributed by atoms with Crippen LogP contribution in [0.15, 0.2) is 48.5 Å². The van der Waals surface area contributed by atoms with Crippen LogP contribution in [-0.4, -0.2) is 29.5 Å². The average molecular weight is 356 g/mol. The Kier molecular flexibility index (Phi) is 5.51. The normalized spacial score (nSPS) is 16.4. The van der Waals surface area contributed by atoms with Crippen molar-refractivity contribution in [1.82, 2.24) is 4.90 Å². The van der Waals surface area contributed by atoms with Crippen LogP contribution in [0.5, 0.6) is 0 Å². The Balaban J connectivity index is 1.60. The minimum atomic E-state index is -0.609. The fourth-order valence-electron chi connectivity index (χ4n) is 2.96. The molecule has 1 heterocycles. The van der Waals surface area contributed by atoms with Gasteiger partial charge in [0.25, 0.3) is 0 Å². The van der Waals surface area contributed by atoms with Crippen molar-refractivity contribution >= 4 is 17.7 Å². The number of hydrogen-bond acceptors (Lipinski definition) is 3. The zero-order valence-electron chi connectivity index (χ0n) is 14.6. The Bertz CT molecular complexity index is 795. The molecule has 0 unspecified atom stereocenters. The van der Waals surface area contributed by atoms with Gasteiger partial charge in [-0.3, -0.25) is 9.69 Å². The highest BCUT2D eigenvalue weighted by Crippen LogP contribution is 2.21. The molecule has 136 valence electrons. The predicted octanol–water partition coefficient (Wildman–Crippen LogP) is 3.87. The number of benzene rings is 2. The first-order valence-corrected chi connectivity index (χ1v) is 8.59. The van der Waals surface area contributed by atoms with E-state index in [2.05, 4.69) is 5.32 Å². The van der Waals surface area contributed by atoms with Gasteiger partial charge < -0.3 is 10.1 Å². The third-order valence-corrected chi connectivity index (χ3v) is 4.43. The first kappa shape index (κ1) is 17.9. The smallest absolute Gasteiger partial charge is 0.410 e. The van der Waals surface area contributed by atoms with Crippen molar-refractivity contribution in [2.75, 3.05) is 11.9 Å². The predicted molar refractivity (Wildman–Crippen MR) is 96.1 cm³/mol. The fraction of sp³-hybridized carbons (Fsp3) is 0.300. The molecule has 1 atom stereocenters. The van der Waals surface area contributed by atoms with Crippen molar-refractivity contribution in [3.05, 3.63) is 65.5 Å². The van der Waals surface area contributed by atoms with Crippen molar-refractivity contribution < 1.29 is 18.7 Å². The Morgan fingerprint density at radius 1 is 1.23 bits per heavy atom. The molecule has 1 saturated heterocycles. The molecule has 2 aromatic carbocycles. The van der Waals surface area contributed by atoms with Crippen molar-refractivity contribution in [2.45, 2.75) is 32.4 Å². The lowest BCUT2D eigenvalue weighted by Crippen LogP contribution is -2.43. The molecule has 1 aliphatic rings. The Morgan fingerprint density at radius 3 is 2.73 bits per heavy atom. The molecule has 0 bridgehead atoms. The van der Waals surface area contributed by atoms with Crippen LogP contribution >= 0.6 is 0 Å². The zero-order chi connectivity index (χ0) is 18.5. The Hall–Kier alpha value is -2.89. The number of carbonyl (C=O) groups is 2. The maximum absolute atomic E-state index is 13.6. The van der Waals surface area contributed by atoms with Gasteiger partial charge >= 0.3 is 6.09 Å². The topological polar surface area (TPSA) is 58.6 Å². The lowest BCUT2D eigenvalue weighted by atomic mass is 10.2. The summed E-state index contributed by atoms with van der Waals surface area (Å²) in [5, 5.41) is 2.68. The maximum atomic E-state index is 13.6. The molecule has 26 heavy (non-hydrogen) atoms. The van der Waals surface area contributed by atoms with Gasteiger partial charge in [0.1, 0.15) is 18.5 Å². The largest absolute Gasteiger partial charge is 0.445 e. The number of nitrogens with zero attached hydrogens (tertiary/aromatic N) is 1. The summed E-state index contributed by atoms with van der Waals surface area (Å²) in [4.78, 5) is 26.3. The molecular weight excluding hydrogens is 335 g/mol. The monoisotopic (exact) mass is 356 g/mol. The van der Waals surface area contributed by atoms with E-state index in [1.165, 1.54) is 11.0 Å². The summed E-state index contributed by atoms with van der Waals surface area (Å²) in [6, 6.07) is 13.3. The molecule has 1 aliphatic heterocycles. The van der Waals surface area contributed by atoms with Crippen LogP contribution in [-0.2, 0) is 16.1 Å². The third kappa shape index (κ3) is 4.20. The minimum absolute atomic E-state index is 0.160. The van der Waals surface area contributed by atoms with Crippen LogP contribution < -0.4 is 5.32 Å². The van der Waals surface area contributed by atoms with E-state index in [0.29, 0.717) is 24.2 Å². The van der Waals surface area contributed by atoms with Gasteiger partial charge in [-0.1, -0.05) is 36.4 Å². The zero-order valence-corrected chi connectivity index (χ0v) is 14.6. The molecule has 1 fully saturated rings. The van der Waals surface area contributed by atoms with E-state index in [1.807, 2.05) is 30.3 Å². The molecular formula is C20H21FN2O3. The second kappa shape index (κ2) is 7.99. The molecule has 2 aromatic rings. The van der Waals surface area contributed by atoms with E-state index in [1.54, 1.807) is 19.1 Å². The van der Waals surface area contributed by atoms with Crippen molar-refractivity contribution in [2.24, 2.45) is 0 Å². The number of rotatable bonds is 4. The second-order valence-corrected chi connectivity index (χ2v) is 6.34. The van der Waals surface area contributed by atoms with E-state index in [-0.39, 0.29) is 18.3 Å². The standard InChI is InChI=1S/C20H21FN2O3/c1-14-9-10-16(12-17(14)21)22-19(24)18-8-5-11-23(18)20(25)26-13-15-6-3-2-4-7-15/h2-4,6-7,9-10,12,18H,5,8,11,13H2,1H3,(H,22,24)/t18-/m1/s1. The fourth-order valence-corrected chi connectivity index (χ4v) is 2.96. The summed E-state index contributed by atoms with van der Waals surface area (Å²) in [6.45, 7) is 2.28. The van der Waals surface area contributed by atoms with Gasteiger partial charge in [0.2, 0.25) is 5.91 Å². The lowest BCUT2D eigenvalue weighted by Gasteiger charge is -2.23. The highest BCUT2D eigenvalue weighted by Gasteiger charge is 2.35. The summed E-state index contributed by atoms with van der Waals surface area (Å²) in [6.07, 6.45) is 0.767. The average Bonchev–Trinajstić information content (AvgIpc) is 3.14. The van der Waals surface area contributed by atoms with Gasteiger partial charge in [0.05, 0.1) is 0 Å². The van der Waals surface area contributed by atoms with Gasteiger partial charge in [-0.2, -0.15) is 0 Å². The van der Waals surface area contributed by atoms with Crippen molar-refractivity contribution in [1.29, 1.82) is 0 Å². The summed E-state index contributed by atoms with van der Waals surface area (Å²) in [5.41, 5.74) is 1.77. The number of hydrogen-bond donors (Lipinski definition) is 1. The first-order chi connectivity index (χ1) is 12.5. The molecule has 3 rings (SSSR count). The van der Waals surface area contributed by atoms with E-state index in [0.717, 1.165) is 12.0 Å². The van der Waals surface area contributed by atoms with E-state index in [4.69, 9.17) is 4.74 Å². The number of carbonyl (C=O) groups excluding carboxylic acids is 2. The molecule has 0 aliphatic carbocycles. The summed E-state index contributed by atoms with van der Waals surface area (Å²) < 4.78 is 19.0. The summed E-state index contributed by atoms with van der Waals surface area (Å²) in [5.74, 6) is -0.712. The number of halogens is 1. The van der Waals surface area contributed by atoms with Gasteiger partial charge in [-0.15, -0.1) is 0 Å². The second-order valence-electron chi connectivity index (χ2n) is 6.34. The van der Waals surface area contributed by atoms with Crippen LogP contribution in [0.3, 0.4) is 0 Å². The third-order valence-electron chi connectivity index (χ3n) is 4.43. The van der Waals surface area contributed by atoms with E-state index in [9.17, 15) is 14.0 Å². The molecule has 2 amide bonds. The van der Waals surface area contributed by atoms with Gasteiger partial charge in [0.15, 0.2) is 0 Å². The molecule has 0 radical (unpaired) electrons. The molecule has 6 heteroatoms. The van der Waals surface area contributed by atoms with Gasteiger partial charge in [-0.05, 0) is 43.0 Å². The first-order valence-electron chi connectivity index (χ1n) is 8.59. The van der Waals surface area contributed by atoms with Crippen molar-refractivity contribution in [3.63, 3.8) is 0 Å². The minimum Gasteiger partial charge on any atom is -0.445 e. The number of anilines is 1. The number of ether oxygens (including phenoxy) is 1. The summed E-state index contributed by atoms with van der Waals surface area (Å²) in [7, 11) is 0. The number of amides is 2. The number of likely N-dealkylation sites (tertiary alicyclic amines) is 1. The highest BCUT2D eigenvalue weighted by atomic mass is 19.1. The Labute approximate surface area is 151 Å². The quantitative estimate of drug-likeness (QED) is 0.905. The van der Waals surface area contributed by atoms with E-state index >= 15 is 0 Å². The number of nitrogens with one attached hydrogen (secondary N) is 1. The van der Waals surface area contributed by atoms with Crippen LogP contribution in [0, 0.1) is 12.7 Å². The maximum Gasteiger partial charge on any atom is 0.410 e. The number of aryl methyl sites for hydroxylation is 1. The van der Waals surface area contributed by atoms with Gasteiger partial charge in [0, 0.05) is 12.2 Å². The summed E-state index contributed by atoms with van der Waals surface area (Å²) >= 11 is 0. The van der Waals surface area contributed by atoms with Crippen LogP contribution in [0.2, 0.25) is 0 Å². The SMILES string of the molecule is Cc1ccc(NC(=O)[C@H]2CCCN2C(=O)OCc2ccccc2)cc1F. The lowest BCUT2D eigenvalue weighted by molar-refractivity contribution is -0.120. The van der Waals surface area contributed by atoms with Crippen molar-refractivity contribution in [3.8, 4) is 0 Å². The van der Waals surface area contributed by atoms with Crippen LogP contribution in [0.4, 0.5) is 14.9 Å². The van der Waals surface area contributed by atoms with Crippen LogP contribution in [0.25, 0.3) is 0 Å². The Morgan fingerprint density at radius 2 is 2.00 bits per heavy atom. The molecule has 5 nitrogen and oxygen atoms in total. The van der Waals surface area contributed by atoms with Gasteiger partial charge in [-0.25, -0.2) is 9.18 Å². The molecule has 0 aromatic heterocycles. The molecule has 0 spiro atoms. The highest BCUT2D eigenvalue weighted by molar-refractivity contribution is 5.96. The van der Waals surface area contributed by atoms with Crippen LogP contribution in [0.1, 0.15) is 24.0 Å².